The molecule has 72 heavy (non-hydrogen) atoms. The molecule has 4 fully saturated rings. The molecule has 0 amide bonds. The maximum Gasteiger partial charge on any atom is 0.158 e. The van der Waals surface area contributed by atoms with Gasteiger partial charge in [-0.2, -0.15) is 0 Å². The van der Waals surface area contributed by atoms with Crippen molar-refractivity contribution in [3.05, 3.63) is 179 Å². The van der Waals surface area contributed by atoms with Crippen molar-refractivity contribution in [2.75, 3.05) is 36.2 Å². The number of anilines is 6. The lowest BCUT2D eigenvalue weighted by molar-refractivity contribution is -0.169. The summed E-state index contributed by atoms with van der Waals surface area (Å²) in [6.45, 7) is 5.22. The van der Waals surface area contributed by atoms with Crippen molar-refractivity contribution in [3.8, 4) is 0 Å². The Balaban J connectivity index is 0.814. The van der Waals surface area contributed by atoms with E-state index in [9.17, 15) is 0 Å². The van der Waals surface area contributed by atoms with Crippen molar-refractivity contribution in [2.24, 2.45) is 0 Å². The van der Waals surface area contributed by atoms with Gasteiger partial charge in [-0.1, -0.05) is 72.8 Å². The lowest BCUT2D eigenvalue weighted by Crippen LogP contribution is -2.22. The molecule has 0 saturated carbocycles. The summed E-state index contributed by atoms with van der Waals surface area (Å²) in [6, 6.07) is 52.9. The molecule has 0 aliphatic carbocycles. The highest BCUT2D eigenvalue weighted by atomic mass is 16.7. The first-order valence-corrected chi connectivity index (χ1v) is 26.7. The number of hydrogen-bond acceptors (Lipinski definition) is 10. The smallest absolute Gasteiger partial charge is 0.158 e. The van der Waals surface area contributed by atoms with Gasteiger partial charge >= 0.3 is 0 Å². The SMILES string of the molecule is c1cc(N(c2ccc(COC3CCCCO3)cc2)c2ccc(COC3CCCCO3)cc2)ccc1CCc1ccc(N(c2ccc(COC3CCCCO3)cc2)c2ccc(COC3CCCCO3)cc2)cc1. The van der Waals surface area contributed by atoms with E-state index in [2.05, 4.69) is 155 Å². The molecule has 0 N–H and O–H groups in total. The van der Waals surface area contributed by atoms with Crippen molar-refractivity contribution in [1.29, 1.82) is 0 Å². The van der Waals surface area contributed by atoms with Gasteiger partial charge in [-0.05, 0) is 196 Å². The Bertz CT molecular complexity index is 2190. The van der Waals surface area contributed by atoms with Crippen molar-refractivity contribution in [1.82, 2.24) is 0 Å². The van der Waals surface area contributed by atoms with Gasteiger partial charge in [0.25, 0.3) is 0 Å². The molecule has 4 unspecified atom stereocenters. The first-order chi connectivity index (χ1) is 35.6. The van der Waals surface area contributed by atoms with E-state index < -0.39 is 0 Å². The molecule has 4 aliphatic heterocycles. The number of aryl methyl sites for hydroxylation is 2. The summed E-state index contributed by atoms with van der Waals surface area (Å²) < 4.78 is 47.7. The fourth-order valence-corrected chi connectivity index (χ4v) is 9.90. The predicted octanol–water partition coefficient (Wildman–Crippen LogP) is 14.6. The Labute approximate surface area is 427 Å². The summed E-state index contributed by atoms with van der Waals surface area (Å²) >= 11 is 0. The van der Waals surface area contributed by atoms with E-state index in [0.717, 1.165) is 173 Å². The molecule has 4 atom stereocenters. The molecule has 6 aromatic rings. The maximum absolute atomic E-state index is 6.12. The second-order valence-electron chi connectivity index (χ2n) is 19.6. The van der Waals surface area contributed by atoms with Crippen LogP contribution in [0, 0.1) is 0 Å². The Hall–Kier alpha value is -5.40. The van der Waals surface area contributed by atoms with Crippen LogP contribution in [0.25, 0.3) is 0 Å². The molecule has 4 heterocycles. The van der Waals surface area contributed by atoms with Crippen LogP contribution in [0.5, 0.6) is 0 Å². The van der Waals surface area contributed by atoms with Crippen molar-refractivity contribution < 1.29 is 37.9 Å². The highest BCUT2D eigenvalue weighted by Gasteiger charge is 2.20. The predicted molar refractivity (Wildman–Crippen MR) is 283 cm³/mol. The molecule has 10 nitrogen and oxygen atoms in total. The van der Waals surface area contributed by atoms with Crippen LogP contribution in [0.2, 0.25) is 0 Å². The highest BCUT2D eigenvalue weighted by molar-refractivity contribution is 5.78. The largest absolute Gasteiger partial charge is 0.353 e. The van der Waals surface area contributed by atoms with Gasteiger partial charge in [-0.15, -0.1) is 0 Å². The van der Waals surface area contributed by atoms with Gasteiger partial charge in [-0.3, -0.25) is 0 Å². The van der Waals surface area contributed by atoms with Crippen LogP contribution in [-0.2, 0) is 77.2 Å². The Morgan fingerprint density at radius 2 is 0.486 bits per heavy atom. The van der Waals surface area contributed by atoms with Crippen LogP contribution >= 0.6 is 0 Å². The van der Waals surface area contributed by atoms with E-state index in [4.69, 9.17) is 37.9 Å². The first kappa shape index (κ1) is 50.1. The zero-order chi connectivity index (χ0) is 48.6. The van der Waals surface area contributed by atoms with Crippen LogP contribution in [0.4, 0.5) is 34.1 Å². The molecule has 0 spiro atoms. The Kier molecular flexibility index (Phi) is 18.1. The minimum absolute atomic E-state index is 0.116. The third-order valence-electron chi connectivity index (χ3n) is 14.2. The molecule has 10 rings (SSSR count). The minimum atomic E-state index is -0.116. The van der Waals surface area contributed by atoms with Gasteiger partial charge < -0.3 is 47.7 Å². The molecular weight excluding hydrogens is 901 g/mol. The third kappa shape index (κ3) is 14.2. The van der Waals surface area contributed by atoms with E-state index >= 15 is 0 Å². The lowest BCUT2D eigenvalue weighted by atomic mass is 10.0. The fourth-order valence-electron chi connectivity index (χ4n) is 9.90. The molecular formula is C62H72N2O8. The van der Waals surface area contributed by atoms with E-state index in [1.165, 1.54) is 11.1 Å². The van der Waals surface area contributed by atoms with Gasteiger partial charge in [-0.25, -0.2) is 0 Å². The highest BCUT2D eigenvalue weighted by Crippen LogP contribution is 2.37. The topological polar surface area (TPSA) is 80.3 Å². The fraction of sp³-hybridized carbons (Fsp3) is 0.419. The summed E-state index contributed by atoms with van der Waals surface area (Å²) in [5.74, 6) is 0. The summed E-state index contributed by atoms with van der Waals surface area (Å²) in [5, 5.41) is 0. The van der Waals surface area contributed by atoms with Crippen LogP contribution in [0.1, 0.15) is 110 Å². The molecule has 4 saturated heterocycles. The van der Waals surface area contributed by atoms with Gasteiger partial charge in [0.2, 0.25) is 0 Å². The Morgan fingerprint density at radius 1 is 0.278 bits per heavy atom. The zero-order valence-electron chi connectivity index (χ0n) is 41.9. The normalized spacial score (nSPS) is 20.5. The molecule has 378 valence electrons. The van der Waals surface area contributed by atoms with E-state index in [0.29, 0.717) is 26.4 Å². The Morgan fingerprint density at radius 3 is 0.681 bits per heavy atom. The van der Waals surface area contributed by atoms with Crippen molar-refractivity contribution >= 4 is 34.1 Å². The number of benzene rings is 6. The second-order valence-corrected chi connectivity index (χ2v) is 19.6. The average molecular weight is 973 g/mol. The summed E-state index contributed by atoms with van der Waals surface area (Å²) in [5.41, 5.74) is 13.6. The third-order valence-corrected chi connectivity index (χ3v) is 14.2. The quantitative estimate of drug-likeness (QED) is 0.0696. The van der Waals surface area contributed by atoms with Gasteiger partial charge in [0.05, 0.1) is 26.4 Å². The zero-order valence-corrected chi connectivity index (χ0v) is 41.9. The molecule has 0 aromatic heterocycles. The van der Waals surface area contributed by atoms with E-state index in [1.807, 2.05) is 0 Å². The standard InChI is InChI=1S/C62H72N2O8/c1-5-39-65-59(9-1)69-43-49-19-31-55(32-20-49)63(56-33-21-50(22-34-56)44-70-60-10-2-6-40-66-60)53-27-15-47(16-28-53)13-14-48-17-29-54(30-18-48)64(57-35-23-51(24-36-57)45-71-61-11-3-7-41-67-61)58-37-25-52(26-38-58)46-72-62-12-4-8-42-68-62/h15-38,59-62H,1-14,39-46H2. The van der Waals surface area contributed by atoms with Gasteiger partial charge in [0.15, 0.2) is 25.2 Å². The van der Waals surface area contributed by atoms with Crippen molar-refractivity contribution in [3.63, 3.8) is 0 Å². The molecule has 4 aliphatic rings. The monoisotopic (exact) mass is 973 g/mol. The summed E-state index contributed by atoms with van der Waals surface area (Å²) in [4.78, 5) is 4.64. The average Bonchev–Trinajstić information content (AvgIpc) is 3.45. The summed E-state index contributed by atoms with van der Waals surface area (Å²) in [6.07, 6.45) is 14.2. The van der Waals surface area contributed by atoms with Crippen LogP contribution in [0.3, 0.4) is 0 Å². The number of ether oxygens (including phenoxy) is 8. The number of nitrogens with zero attached hydrogens (tertiary/aromatic N) is 2. The maximum atomic E-state index is 6.12. The van der Waals surface area contributed by atoms with Gasteiger partial charge in [0, 0.05) is 60.6 Å². The van der Waals surface area contributed by atoms with Gasteiger partial charge in [0.1, 0.15) is 0 Å². The summed E-state index contributed by atoms with van der Waals surface area (Å²) in [7, 11) is 0. The molecule has 10 heteroatoms. The van der Waals surface area contributed by atoms with Crippen LogP contribution in [0.15, 0.2) is 146 Å². The van der Waals surface area contributed by atoms with Crippen molar-refractivity contribution in [2.45, 2.75) is 141 Å². The number of rotatable bonds is 21. The molecule has 6 aromatic carbocycles. The van der Waals surface area contributed by atoms with E-state index in [-0.39, 0.29) is 25.2 Å². The van der Waals surface area contributed by atoms with Crippen LogP contribution in [-0.4, -0.2) is 51.6 Å². The molecule has 0 radical (unpaired) electrons. The second kappa shape index (κ2) is 26.0. The lowest BCUT2D eigenvalue weighted by Gasteiger charge is -2.27. The van der Waals surface area contributed by atoms with Crippen LogP contribution < -0.4 is 9.80 Å². The first-order valence-electron chi connectivity index (χ1n) is 26.7. The molecule has 0 bridgehead atoms. The van der Waals surface area contributed by atoms with E-state index in [1.54, 1.807) is 0 Å². The minimum Gasteiger partial charge on any atom is -0.353 e. The number of hydrogen-bond donors (Lipinski definition) is 0.